The Kier molecular flexibility index (Phi) is 5.19. The molecule has 7 heteroatoms. The topological polar surface area (TPSA) is 51.2 Å². The van der Waals surface area contributed by atoms with Crippen LogP contribution < -0.4 is 0 Å². The van der Waals surface area contributed by atoms with E-state index in [1.807, 2.05) is 30.6 Å². The molecule has 1 aromatic carbocycles. The van der Waals surface area contributed by atoms with Gasteiger partial charge in [-0.2, -0.15) is 0 Å². The molecule has 5 rings (SSSR count). The molecule has 0 saturated carbocycles. The predicted molar refractivity (Wildman–Crippen MR) is 128 cm³/mol. The minimum atomic E-state index is 0.698. The zero-order chi connectivity index (χ0) is 22.4. The Morgan fingerprint density at radius 1 is 1.03 bits per heavy atom. The lowest BCUT2D eigenvalue weighted by Crippen LogP contribution is -2.19. The number of benzene rings is 1. The summed E-state index contributed by atoms with van der Waals surface area (Å²) in [4.78, 5) is 16.2. The third-order valence-corrected chi connectivity index (χ3v) is 6.08. The van der Waals surface area contributed by atoms with Crippen LogP contribution in [0.4, 0.5) is 0 Å². The van der Waals surface area contributed by atoms with E-state index in [0.29, 0.717) is 5.02 Å². The van der Waals surface area contributed by atoms with E-state index in [2.05, 4.69) is 64.9 Å². The molecular weight excluding hydrogens is 420 g/mol. The predicted octanol–water partition coefficient (Wildman–Crippen LogP) is 5.28. The average molecular weight is 445 g/mol. The molecule has 162 valence electrons. The van der Waals surface area contributed by atoms with Crippen molar-refractivity contribution >= 4 is 28.5 Å². The van der Waals surface area contributed by atoms with Gasteiger partial charge in [0.1, 0.15) is 0 Å². The minimum Gasteiger partial charge on any atom is -0.296 e. The summed E-state index contributed by atoms with van der Waals surface area (Å²) in [5.74, 6) is 0.829. The van der Waals surface area contributed by atoms with Crippen LogP contribution in [0.1, 0.15) is 28.1 Å². The second-order valence-electron chi connectivity index (χ2n) is 8.41. The lowest BCUT2D eigenvalue weighted by atomic mass is 10.1. The molecule has 0 atom stereocenters. The first-order valence-corrected chi connectivity index (χ1v) is 11.0. The van der Waals surface area contributed by atoms with E-state index in [-0.39, 0.29) is 0 Å². The number of rotatable bonds is 5. The number of aromatic nitrogens is 5. The number of imidazole rings is 2. The Morgan fingerprint density at radius 3 is 2.59 bits per heavy atom. The van der Waals surface area contributed by atoms with Gasteiger partial charge in [-0.05, 0) is 68.8 Å². The first-order valence-electron chi connectivity index (χ1n) is 10.6. The molecule has 0 N–H and O–H groups in total. The van der Waals surface area contributed by atoms with Crippen molar-refractivity contribution in [2.45, 2.75) is 33.9 Å². The molecule has 0 unspecified atom stereocenters. The van der Waals surface area contributed by atoms with Crippen molar-refractivity contribution < 1.29 is 0 Å². The van der Waals surface area contributed by atoms with Gasteiger partial charge in [0.05, 0.1) is 27.6 Å². The van der Waals surface area contributed by atoms with Gasteiger partial charge in [0.25, 0.3) is 0 Å². The number of nitrogens with zero attached hydrogens (tertiary/aromatic N) is 6. The Bertz CT molecular complexity index is 1410. The van der Waals surface area contributed by atoms with E-state index >= 15 is 0 Å². The van der Waals surface area contributed by atoms with Crippen LogP contribution >= 0.6 is 11.6 Å². The van der Waals surface area contributed by atoms with E-state index in [0.717, 1.165) is 58.2 Å². The first kappa shape index (κ1) is 20.7. The lowest BCUT2D eigenvalue weighted by Gasteiger charge is -2.16. The Morgan fingerprint density at radius 2 is 1.84 bits per heavy atom. The number of halogens is 1. The molecule has 0 spiro atoms. The van der Waals surface area contributed by atoms with Crippen molar-refractivity contribution in [3.8, 4) is 5.69 Å². The highest BCUT2D eigenvalue weighted by molar-refractivity contribution is 6.32. The summed E-state index contributed by atoms with van der Waals surface area (Å²) < 4.78 is 4.30. The Hall–Kier alpha value is -3.22. The lowest BCUT2D eigenvalue weighted by molar-refractivity contribution is 0.313. The van der Waals surface area contributed by atoms with Crippen LogP contribution in [0.15, 0.2) is 55.0 Å². The molecule has 5 aromatic rings. The van der Waals surface area contributed by atoms with Crippen molar-refractivity contribution in [2.24, 2.45) is 0 Å². The van der Waals surface area contributed by atoms with E-state index < -0.39 is 0 Å². The molecule has 0 radical (unpaired) electrons. The number of pyridine rings is 2. The largest absolute Gasteiger partial charge is 0.296 e. The molecule has 6 nitrogen and oxygen atoms in total. The van der Waals surface area contributed by atoms with Gasteiger partial charge in [-0.15, -0.1) is 0 Å². The second kappa shape index (κ2) is 8.04. The molecule has 0 fully saturated rings. The number of hydrogen-bond acceptors (Lipinski definition) is 4. The summed E-state index contributed by atoms with van der Waals surface area (Å²) in [6.07, 6.45) is 5.53. The van der Waals surface area contributed by atoms with Crippen LogP contribution in [0.5, 0.6) is 0 Å². The van der Waals surface area contributed by atoms with E-state index in [4.69, 9.17) is 21.6 Å². The maximum absolute atomic E-state index is 6.75. The van der Waals surface area contributed by atoms with Crippen molar-refractivity contribution in [1.82, 2.24) is 28.8 Å². The van der Waals surface area contributed by atoms with Gasteiger partial charge in [-0.1, -0.05) is 23.7 Å². The fraction of sp³-hybridized carbons (Fsp3) is 0.240. The quantitative estimate of drug-likeness (QED) is 0.370. The first-order chi connectivity index (χ1) is 15.4. The molecule has 0 saturated heterocycles. The van der Waals surface area contributed by atoms with Gasteiger partial charge in [-0.25, -0.2) is 9.97 Å². The SMILES string of the molecule is Cc1cc(C)c(-n2c3ncccc3n3c(CN(C)Cc4cccnc4)c(C)nc23)c(Cl)c1. The van der Waals surface area contributed by atoms with Crippen LogP contribution in [0.25, 0.3) is 22.6 Å². The fourth-order valence-electron chi connectivity index (χ4n) is 4.48. The van der Waals surface area contributed by atoms with Gasteiger partial charge < -0.3 is 0 Å². The van der Waals surface area contributed by atoms with Gasteiger partial charge >= 0.3 is 0 Å². The van der Waals surface area contributed by atoms with Crippen LogP contribution in [0.2, 0.25) is 5.02 Å². The normalized spacial score (nSPS) is 11.8. The summed E-state index contributed by atoms with van der Waals surface area (Å²) in [5.41, 5.74) is 8.34. The number of fused-ring (bicyclic) bond motifs is 3. The highest BCUT2D eigenvalue weighted by Gasteiger charge is 2.23. The zero-order valence-electron chi connectivity index (χ0n) is 18.7. The summed E-state index contributed by atoms with van der Waals surface area (Å²) in [7, 11) is 2.12. The zero-order valence-corrected chi connectivity index (χ0v) is 19.4. The third kappa shape index (κ3) is 3.45. The molecule has 4 aromatic heterocycles. The molecule has 0 bridgehead atoms. The molecule has 32 heavy (non-hydrogen) atoms. The highest BCUT2D eigenvalue weighted by atomic mass is 35.5. The van der Waals surface area contributed by atoms with Gasteiger partial charge in [-0.3, -0.25) is 18.9 Å². The maximum Gasteiger partial charge on any atom is 0.221 e. The van der Waals surface area contributed by atoms with Gasteiger partial charge in [0.2, 0.25) is 5.78 Å². The van der Waals surface area contributed by atoms with E-state index in [9.17, 15) is 0 Å². The van der Waals surface area contributed by atoms with Crippen molar-refractivity contribution in [1.29, 1.82) is 0 Å². The Balaban J connectivity index is 1.68. The standard InChI is InChI=1S/C25H25ClN6/c1-16-11-17(2)23(20(26)12-16)32-24-21(8-6-10-28-24)31-22(18(3)29-25(31)32)15-30(4)14-19-7-5-9-27-13-19/h5-13H,14-15H2,1-4H3. The van der Waals surface area contributed by atoms with E-state index in [1.165, 1.54) is 5.56 Å². The third-order valence-electron chi connectivity index (χ3n) is 5.79. The molecule has 0 aliphatic carbocycles. The van der Waals surface area contributed by atoms with Crippen LogP contribution in [-0.2, 0) is 13.1 Å². The minimum absolute atomic E-state index is 0.698. The number of hydrogen-bond donors (Lipinski definition) is 0. The van der Waals surface area contributed by atoms with E-state index in [1.54, 1.807) is 6.20 Å². The van der Waals surface area contributed by atoms with Gasteiger partial charge in [0, 0.05) is 31.7 Å². The monoisotopic (exact) mass is 444 g/mol. The van der Waals surface area contributed by atoms with Crippen molar-refractivity contribution in [3.05, 3.63) is 88.1 Å². The van der Waals surface area contributed by atoms with Crippen molar-refractivity contribution in [2.75, 3.05) is 7.05 Å². The molecule has 4 heterocycles. The fourth-order valence-corrected chi connectivity index (χ4v) is 4.88. The summed E-state index contributed by atoms with van der Waals surface area (Å²) >= 11 is 6.75. The highest BCUT2D eigenvalue weighted by Crippen LogP contribution is 2.33. The summed E-state index contributed by atoms with van der Waals surface area (Å²) in [6.45, 7) is 7.76. The number of aryl methyl sites for hydroxylation is 3. The maximum atomic E-state index is 6.75. The van der Waals surface area contributed by atoms with Crippen LogP contribution in [0.3, 0.4) is 0 Å². The smallest absolute Gasteiger partial charge is 0.221 e. The molecule has 0 aliphatic heterocycles. The van der Waals surface area contributed by atoms with Crippen molar-refractivity contribution in [3.63, 3.8) is 0 Å². The van der Waals surface area contributed by atoms with Crippen LogP contribution in [-0.4, -0.2) is 35.9 Å². The van der Waals surface area contributed by atoms with Gasteiger partial charge in [0.15, 0.2) is 5.65 Å². The Labute approximate surface area is 192 Å². The summed E-state index contributed by atoms with van der Waals surface area (Å²) in [6, 6.07) is 12.3. The second-order valence-corrected chi connectivity index (χ2v) is 8.81. The molecular formula is C25H25ClN6. The summed E-state index contributed by atoms with van der Waals surface area (Å²) in [5, 5.41) is 0.698. The molecule has 0 aliphatic rings. The van der Waals surface area contributed by atoms with Crippen LogP contribution in [0, 0.1) is 20.8 Å². The molecule has 0 amide bonds. The average Bonchev–Trinajstić information content (AvgIpc) is 3.22.